The number of likely N-dealkylation sites (N-methyl/N-ethyl adjacent to an activating group) is 1. The number of phenolic OH excluding ortho intramolecular Hbond substituents is 1. The number of imidazole rings is 1. The average molecular weight is 902 g/mol. The second-order valence-electron chi connectivity index (χ2n) is 19.3. The van der Waals surface area contributed by atoms with Crippen LogP contribution < -0.4 is 16.5 Å². The topological polar surface area (TPSA) is 199 Å². The molecule has 5 aromatic rings. The molecule has 1 saturated heterocycles. The number of fused-ring (bicyclic) bond motifs is 7. The van der Waals surface area contributed by atoms with Gasteiger partial charge < -0.3 is 39.7 Å². The van der Waals surface area contributed by atoms with Crippen LogP contribution >= 0.6 is 0 Å². The second kappa shape index (κ2) is 18.6. The maximum absolute atomic E-state index is 14.7. The summed E-state index contributed by atoms with van der Waals surface area (Å²) in [7, 11) is 3.27. The molecule has 2 aromatic carbocycles. The molecule has 0 radical (unpaired) electrons. The van der Waals surface area contributed by atoms with Gasteiger partial charge >= 0.3 is 5.97 Å². The number of pyridine rings is 1. The van der Waals surface area contributed by atoms with Gasteiger partial charge in [-0.15, -0.1) is 0 Å². The summed E-state index contributed by atoms with van der Waals surface area (Å²) in [5.74, 6) is -2.70. The van der Waals surface area contributed by atoms with Crippen molar-refractivity contribution < 1.29 is 33.8 Å². The van der Waals surface area contributed by atoms with Gasteiger partial charge in [-0.05, 0) is 97.7 Å². The van der Waals surface area contributed by atoms with Gasteiger partial charge in [0.15, 0.2) is 0 Å². The maximum Gasteiger partial charge on any atom is 0.324 e. The molecule has 3 aliphatic heterocycles. The van der Waals surface area contributed by atoms with Gasteiger partial charge in [-0.3, -0.25) is 29.2 Å². The minimum Gasteiger partial charge on any atom is -0.508 e. The highest BCUT2D eigenvalue weighted by molar-refractivity contribution is 5.96. The fraction of sp³-hybridized carbons (Fsp3) is 0.480. The van der Waals surface area contributed by atoms with Crippen molar-refractivity contribution in [3.05, 3.63) is 89.8 Å². The minimum atomic E-state index is -1.16. The number of nitrogens with two attached hydrogens (primary N) is 1. The molecule has 8 rings (SSSR count). The lowest BCUT2D eigenvalue weighted by Crippen LogP contribution is -2.62. The third kappa shape index (κ3) is 8.93. The first-order valence-electron chi connectivity index (χ1n) is 23.0. The van der Waals surface area contributed by atoms with Crippen LogP contribution in [0.15, 0.2) is 67.3 Å². The van der Waals surface area contributed by atoms with Gasteiger partial charge in [0.2, 0.25) is 11.8 Å². The predicted molar refractivity (Wildman–Crippen MR) is 249 cm³/mol. The highest BCUT2D eigenvalue weighted by atomic mass is 16.5. The van der Waals surface area contributed by atoms with Crippen LogP contribution in [-0.4, -0.2) is 103 Å². The van der Waals surface area contributed by atoms with Gasteiger partial charge in [0.1, 0.15) is 23.9 Å². The van der Waals surface area contributed by atoms with Crippen molar-refractivity contribution in [1.82, 2.24) is 39.8 Å². The van der Waals surface area contributed by atoms with Gasteiger partial charge in [0, 0.05) is 74.5 Å². The van der Waals surface area contributed by atoms with Crippen molar-refractivity contribution in [2.24, 2.45) is 23.0 Å². The van der Waals surface area contributed by atoms with Crippen LogP contribution in [0.3, 0.4) is 0 Å². The fourth-order valence-electron chi connectivity index (χ4n) is 10.2. The van der Waals surface area contributed by atoms with E-state index in [2.05, 4.69) is 59.3 Å². The number of ether oxygens (including phenoxy) is 2. The first-order chi connectivity index (χ1) is 31.5. The molecular weight excluding hydrogens is 839 g/mol. The summed E-state index contributed by atoms with van der Waals surface area (Å²) >= 11 is 0. The van der Waals surface area contributed by atoms with Crippen LogP contribution in [-0.2, 0) is 54.6 Å². The Labute approximate surface area is 385 Å². The number of nitrogens with one attached hydrogen (secondary N) is 2. The van der Waals surface area contributed by atoms with Gasteiger partial charge in [0.25, 0.3) is 5.91 Å². The number of methoxy groups -OCH3 is 1. The third-order valence-corrected chi connectivity index (χ3v) is 13.6. The molecule has 6 atom stereocenters. The smallest absolute Gasteiger partial charge is 0.324 e. The van der Waals surface area contributed by atoms with Crippen molar-refractivity contribution in [3.8, 4) is 28.1 Å². The number of esters is 1. The molecule has 3 aromatic heterocycles. The van der Waals surface area contributed by atoms with Gasteiger partial charge in [-0.1, -0.05) is 39.8 Å². The quantitative estimate of drug-likeness (QED) is 0.137. The Hall–Kier alpha value is -6.10. The summed E-state index contributed by atoms with van der Waals surface area (Å²) in [6.45, 7) is 13.4. The summed E-state index contributed by atoms with van der Waals surface area (Å²) in [6.07, 6.45) is 6.29. The summed E-state index contributed by atoms with van der Waals surface area (Å²) < 4.78 is 16.1. The molecule has 1 fully saturated rings. The van der Waals surface area contributed by atoms with E-state index in [4.69, 9.17) is 20.2 Å². The number of cyclic esters (lactones) is 1. The zero-order chi connectivity index (χ0) is 47.2. The molecule has 3 aliphatic rings. The van der Waals surface area contributed by atoms with E-state index >= 15 is 0 Å². The number of carbonyl (C=O) groups is 4. The first kappa shape index (κ1) is 46.4. The standard InChI is InChI=1S/C50H63N9O7/c1-9-58-40-15-14-31-22-35(40)36(45(58)34-12-10-16-53-43(34)29(4)65-8)23-50(5,6)26-66-49(64)38-13-11-17-59(55-38)48(63)39(20-30-18-32(31)21-33(60)19-30)54-46(61)44(28(2)3)56(7)47(62)37-25-57-27-52-24-41(57)42(37)51/h10,12,14-16,18-19,21-22,24,27-29,37-39,42,44,55,60H,9,11,13,17,20,23,25-26,51H2,1-8H3,(H,54,61)/t29-,37-,38-,39-,42-,44?/m0/s1. The Morgan fingerprint density at radius 3 is 2.64 bits per heavy atom. The first-order valence-corrected chi connectivity index (χ1v) is 23.0. The largest absolute Gasteiger partial charge is 0.508 e. The van der Waals surface area contributed by atoms with E-state index in [1.807, 2.05) is 43.5 Å². The normalized spacial score (nSPS) is 21.8. The Kier molecular flexibility index (Phi) is 13.1. The summed E-state index contributed by atoms with van der Waals surface area (Å²) in [5, 5.41) is 16.8. The predicted octanol–water partition coefficient (Wildman–Crippen LogP) is 5.46. The van der Waals surface area contributed by atoms with Crippen LogP contribution in [0.1, 0.15) is 89.0 Å². The lowest BCUT2D eigenvalue weighted by Gasteiger charge is -2.37. The number of nitrogens with zero attached hydrogens (tertiary/aromatic N) is 6. The number of rotatable bonds is 9. The molecular formula is C50H63N9O7. The number of aromatic nitrogens is 4. The second-order valence-corrected chi connectivity index (χ2v) is 19.3. The summed E-state index contributed by atoms with van der Waals surface area (Å²) in [4.78, 5) is 67.7. The molecule has 66 heavy (non-hydrogen) atoms. The van der Waals surface area contributed by atoms with E-state index in [0.717, 1.165) is 50.2 Å². The van der Waals surface area contributed by atoms with Gasteiger partial charge in [0.05, 0.1) is 48.1 Å². The molecule has 6 heterocycles. The number of phenols is 1. The number of aryl methyl sites for hydroxylation is 1. The molecule has 16 nitrogen and oxygen atoms in total. The van der Waals surface area contributed by atoms with Crippen molar-refractivity contribution in [1.29, 1.82) is 0 Å². The minimum absolute atomic E-state index is 0.00278. The third-order valence-electron chi connectivity index (χ3n) is 13.6. The van der Waals surface area contributed by atoms with Crippen LogP contribution in [0, 0.1) is 17.3 Å². The summed E-state index contributed by atoms with van der Waals surface area (Å²) in [5.41, 5.74) is 16.9. The fourth-order valence-corrected chi connectivity index (χ4v) is 10.2. The number of hydrogen-bond donors (Lipinski definition) is 4. The Morgan fingerprint density at radius 2 is 1.91 bits per heavy atom. The number of amides is 3. The summed E-state index contributed by atoms with van der Waals surface area (Å²) in [6, 6.07) is 12.0. The molecule has 0 aliphatic carbocycles. The lowest BCUT2D eigenvalue weighted by molar-refractivity contribution is -0.155. The molecule has 3 amide bonds. The lowest BCUT2D eigenvalue weighted by atomic mass is 9.84. The Morgan fingerprint density at radius 1 is 1.12 bits per heavy atom. The highest BCUT2D eigenvalue weighted by Gasteiger charge is 2.42. The van der Waals surface area contributed by atoms with Gasteiger partial charge in [-0.2, -0.15) is 0 Å². The molecule has 6 bridgehead atoms. The molecule has 16 heteroatoms. The molecule has 0 spiro atoms. The zero-order valence-electron chi connectivity index (χ0n) is 39.2. The average Bonchev–Trinajstić information content (AvgIpc) is 3.98. The van der Waals surface area contributed by atoms with Crippen molar-refractivity contribution in [2.45, 2.75) is 111 Å². The van der Waals surface area contributed by atoms with Gasteiger partial charge in [-0.25, -0.2) is 10.4 Å². The van der Waals surface area contributed by atoms with E-state index in [-0.39, 0.29) is 43.3 Å². The SMILES string of the molecule is CCn1c(-c2cccnc2[C@H](C)OC)c2c3cc(ccc31)-c1cc(O)cc(c1)C[C@H](NC(=O)C(C(C)C)N(C)C(=O)[C@H]1Cn3cncc3[C@H]1N)C(=O)N1CCC[C@H](N1)C(=O)OCC(C)(C)C2. The van der Waals surface area contributed by atoms with Crippen LogP contribution in [0.2, 0.25) is 0 Å². The molecule has 350 valence electrons. The van der Waals surface area contributed by atoms with E-state index in [0.29, 0.717) is 37.9 Å². The monoisotopic (exact) mass is 901 g/mol. The van der Waals surface area contributed by atoms with Crippen molar-refractivity contribution >= 4 is 34.6 Å². The number of aromatic hydroxyl groups is 1. The number of hydrazine groups is 1. The Balaban J connectivity index is 1.20. The number of hydrogen-bond acceptors (Lipinski definition) is 11. The number of carbonyl (C=O) groups excluding carboxylic acids is 4. The van der Waals surface area contributed by atoms with E-state index in [9.17, 15) is 24.3 Å². The number of benzene rings is 2. The maximum atomic E-state index is 14.7. The Bertz CT molecular complexity index is 2650. The van der Waals surface area contributed by atoms with Crippen LogP contribution in [0.25, 0.3) is 33.3 Å². The van der Waals surface area contributed by atoms with Crippen molar-refractivity contribution in [3.63, 3.8) is 0 Å². The zero-order valence-corrected chi connectivity index (χ0v) is 39.2. The van der Waals surface area contributed by atoms with Crippen LogP contribution in [0.4, 0.5) is 0 Å². The van der Waals surface area contributed by atoms with E-state index < -0.39 is 53.3 Å². The van der Waals surface area contributed by atoms with Crippen molar-refractivity contribution in [2.75, 3.05) is 27.3 Å². The van der Waals surface area contributed by atoms with E-state index in [1.54, 1.807) is 45.0 Å². The molecule has 0 saturated carbocycles. The van der Waals surface area contributed by atoms with E-state index in [1.165, 1.54) is 9.91 Å². The molecule has 1 unspecified atom stereocenters. The highest BCUT2D eigenvalue weighted by Crippen LogP contribution is 2.42. The molecule has 5 N–H and O–H groups in total. The van der Waals surface area contributed by atoms with Crippen LogP contribution in [0.5, 0.6) is 5.75 Å².